The van der Waals surface area contributed by atoms with Crippen LogP contribution in [0.1, 0.15) is 92.4 Å². The normalized spacial score (nSPS) is 14.9. The van der Waals surface area contributed by atoms with Gasteiger partial charge in [0.25, 0.3) is 0 Å². The molecule has 31 N–H and O–H groups in total. The quantitative estimate of drug-likeness (QED) is 0.0119. The smallest absolute Gasteiger partial charge is 0.353 e. The van der Waals surface area contributed by atoms with Crippen LogP contribution in [0.15, 0.2) is 20.0 Å². The molecule has 0 fully saturated rings. The van der Waals surface area contributed by atoms with Gasteiger partial charge in [-0.1, -0.05) is 13.8 Å². The number of nitrogens with one attached hydrogen (secondary N) is 8. The number of aliphatic hydroxyl groups excluding tert-OH is 1. The Kier molecular flexibility index (Phi) is 32.2. The van der Waals surface area contributed by atoms with Crippen molar-refractivity contribution in [2.75, 3.05) is 26.2 Å². The number of hydrogen-bond donors (Lipinski definition) is 21. The highest BCUT2D eigenvalue weighted by molar-refractivity contribution is 7.52. The molecular weight excluding hydrogens is 1050 g/mol. The molecule has 36 heteroatoms. The third-order valence-electron chi connectivity index (χ3n) is 11.0. The van der Waals surface area contributed by atoms with Gasteiger partial charge in [0.05, 0.1) is 6.04 Å². The van der Waals surface area contributed by atoms with Crippen molar-refractivity contribution >= 4 is 84.6 Å². The maximum atomic E-state index is 14.1. The Morgan fingerprint density at radius 3 is 1.09 bits per heavy atom. The molecule has 0 heterocycles. The molecule has 9 amide bonds. The second-order valence-electron chi connectivity index (χ2n) is 18.3. The number of amides is 9. The van der Waals surface area contributed by atoms with Gasteiger partial charge in [0.2, 0.25) is 53.2 Å². The van der Waals surface area contributed by atoms with Crippen molar-refractivity contribution in [1.29, 1.82) is 0 Å². The van der Waals surface area contributed by atoms with Crippen molar-refractivity contribution in [2.24, 2.45) is 83.2 Å². The molecule has 0 saturated carbocycles. The molecule has 0 aromatic rings. The van der Waals surface area contributed by atoms with Crippen molar-refractivity contribution < 1.29 is 62.6 Å². The van der Waals surface area contributed by atoms with Gasteiger partial charge in [0.1, 0.15) is 48.3 Å². The molecule has 0 bridgehead atoms. The van der Waals surface area contributed by atoms with Crippen molar-refractivity contribution in [2.45, 2.75) is 153 Å². The van der Waals surface area contributed by atoms with Gasteiger partial charge < -0.3 is 115 Å². The summed E-state index contributed by atoms with van der Waals surface area (Å²) in [6.07, 6.45) is -0.602. The first kappa shape index (κ1) is 70.4. The van der Waals surface area contributed by atoms with E-state index < -0.39 is 133 Å². The van der Waals surface area contributed by atoms with Crippen LogP contribution in [0, 0.1) is 5.92 Å². The van der Waals surface area contributed by atoms with Gasteiger partial charge in [0.15, 0.2) is 29.7 Å². The van der Waals surface area contributed by atoms with E-state index in [0.29, 0.717) is 6.42 Å². The lowest BCUT2D eigenvalue weighted by atomic mass is 10.0. The highest BCUT2D eigenvalue weighted by Gasteiger charge is 2.37. The number of nitrogens with two attached hydrogens (primary N) is 10. The van der Waals surface area contributed by atoms with E-state index in [0.717, 1.165) is 6.92 Å². The fraction of sp³-hybridized carbons (Fsp3) is 0.690. The van der Waals surface area contributed by atoms with E-state index in [9.17, 15) is 62.6 Å². The van der Waals surface area contributed by atoms with Crippen LogP contribution < -0.4 is 99.9 Å². The van der Waals surface area contributed by atoms with E-state index in [2.05, 4.69) is 62.5 Å². The lowest BCUT2D eigenvalue weighted by Crippen LogP contribution is -2.60. The summed E-state index contributed by atoms with van der Waals surface area (Å²) in [5.41, 5.74) is 54.8. The first-order valence-electron chi connectivity index (χ1n) is 24.6. The fourth-order valence-corrected chi connectivity index (χ4v) is 7.10. The monoisotopic (exact) mass is 1130 g/mol. The number of carbonyl (C=O) groups is 9. The van der Waals surface area contributed by atoms with Gasteiger partial charge in [-0.3, -0.25) is 67.7 Å². The molecular formula is C42H83N22O13P. The predicted octanol–water partition coefficient (Wildman–Crippen LogP) is -9.51. The van der Waals surface area contributed by atoms with Gasteiger partial charge in [-0.25, -0.2) is 0 Å². The molecule has 78 heavy (non-hydrogen) atoms. The Hall–Kier alpha value is -7.62. The summed E-state index contributed by atoms with van der Waals surface area (Å²) in [6, 6.07) is -12.8. The Labute approximate surface area is 450 Å². The van der Waals surface area contributed by atoms with E-state index in [-0.39, 0.29) is 95.0 Å². The maximum Gasteiger partial charge on any atom is 0.353 e. The summed E-state index contributed by atoms with van der Waals surface area (Å²) in [6.45, 7) is 6.87. The van der Waals surface area contributed by atoms with Crippen LogP contribution in [-0.2, 0) is 47.7 Å². The molecule has 0 aromatic carbocycles. The molecule has 0 aliphatic carbocycles. The summed E-state index contributed by atoms with van der Waals surface area (Å²) in [5.74, 6) is -12.6. The van der Waals surface area contributed by atoms with Crippen molar-refractivity contribution in [1.82, 2.24) is 42.5 Å². The van der Waals surface area contributed by atoms with Gasteiger partial charge >= 0.3 is 7.60 Å². The first-order chi connectivity index (χ1) is 36.2. The average molecular weight is 1140 g/mol. The molecule has 0 spiro atoms. The molecule has 0 saturated heterocycles. The fourth-order valence-electron chi connectivity index (χ4n) is 6.61. The standard InChI is InChI=1S/C42H83N22O13P/c1-19(2)29(38(74)57-20(3)30(44)66)64-37(73)27(18-28(65)78(75,76)77)63-32(68)22(5)58-31(67)21(4)59-34(70)24(11-7-15-54-40(47)48)61-36(72)26(13-9-17-56-42(51)52)62-35(71)25(12-8-16-55-41(49)50)60-33(69)23(43)10-6-14-53-39(45)46/h19-29,65H,6-18,43H2,1-5H3,(H2,44,66)(H,57,74)(H,58,67)(H,59,70)(H,60,69)(H,61,72)(H,62,71)(H,63,68)(H,64,73)(H4,45,46,53)(H4,47,48,54)(H4,49,50,55)(H4,51,52,56)(H2,75,76,77)/t20-,21-,22-,23-,24-,25-,26-,27-,28+,29-/m0/s1. The van der Waals surface area contributed by atoms with E-state index in [1.54, 1.807) is 0 Å². The van der Waals surface area contributed by atoms with Crippen LogP contribution in [0.5, 0.6) is 0 Å². The lowest BCUT2D eigenvalue weighted by molar-refractivity contribution is -0.136. The van der Waals surface area contributed by atoms with Crippen LogP contribution in [-0.4, -0.2) is 178 Å². The summed E-state index contributed by atoms with van der Waals surface area (Å²) in [5, 5.41) is 29.5. The molecule has 0 rings (SSSR count). The van der Waals surface area contributed by atoms with Gasteiger partial charge in [0, 0.05) is 32.6 Å². The van der Waals surface area contributed by atoms with Gasteiger partial charge in [-0.2, -0.15) is 0 Å². The average Bonchev–Trinajstić information content (AvgIpc) is 3.33. The van der Waals surface area contributed by atoms with E-state index in [4.69, 9.17) is 57.3 Å². The third kappa shape index (κ3) is 29.6. The summed E-state index contributed by atoms with van der Waals surface area (Å²) in [7, 11) is -5.27. The number of rotatable bonds is 37. The molecule has 35 nitrogen and oxygen atoms in total. The molecule has 10 atom stereocenters. The summed E-state index contributed by atoms with van der Waals surface area (Å²) < 4.78 is 11.9. The van der Waals surface area contributed by atoms with Gasteiger partial charge in [-0.15, -0.1) is 0 Å². The maximum absolute atomic E-state index is 14.1. The van der Waals surface area contributed by atoms with Crippen molar-refractivity contribution in [3.05, 3.63) is 0 Å². The number of hydrogen-bond acceptors (Lipinski definition) is 16. The minimum Gasteiger partial charge on any atom is -0.380 e. The molecule has 0 aromatic heterocycles. The summed E-state index contributed by atoms with van der Waals surface area (Å²) >= 11 is 0. The van der Waals surface area contributed by atoms with Crippen molar-refractivity contribution in [3.8, 4) is 0 Å². The number of nitrogens with zero attached hydrogens (tertiary/aromatic N) is 4. The SMILES string of the molecule is CC(C)[C@H](NC(=O)[C@H](C[C@H](O)P(=O)(O)O)NC(=O)[C@H](C)NC(=O)[C@H](C)NC(=O)[C@H](CCCN=C(N)N)NC(=O)[C@H](CCCN=C(N)N)NC(=O)[C@H](CCCN=C(N)N)NC(=O)[C@@H](N)CCCN=C(N)N)C(=O)N[C@@H](C)C(N)=O. The van der Waals surface area contributed by atoms with E-state index >= 15 is 0 Å². The first-order valence-corrected chi connectivity index (χ1v) is 26.3. The highest BCUT2D eigenvalue weighted by atomic mass is 31.2. The number of carbonyl (C=O) groups excluding carboxylic acids is 9. The van der Waals surface area contributed by atoms with E-state index in [1.807, 2.05) is 0 Å². The third-order valence-corrected chi connectivity index (χ3v) is 12.0. The van der Waals surface area contributed by atoms with Crippen LogP contribution in [0.2, 0.25) is 0 Å². The zero-order chi connectivity index (χ0) is 60.0. The van der Waals surface area contributed by atoms with Crippen LogP contribution >= 0.6 is 7.60 Å². The van der Waals surface area contributed by atoms with Gasteiger partial charge in [-0.05, 0) is 78.1 Å². The van der Waals surface area contributed by atoms with Crippen LogP contribution in [0.3, 0.4) is 0 Å². The molecule has 0 aliphatic heterocycles. The van der Waals surface area contributed by atoms with Crippen molar-refractivity contribution in [3.63, 3.8) is 0 Å². The zero-order valence-electron chi connectivity index (χ0n) is 44.5. The molecule has 0 radical (unpaired) electrons. The van der Waals surface area contributed by atoms with E-state index in [1.165, 1.54) is 27.7 Å². The molecule has 0 unspecified atom stereocenters. The Morgan fingerprint density at radius 2 is 0.731 bits per heavy atom. The minimum absolute atomic E-state index is 0.000471. The topological polar surface area (TPSA) is 637 Å². The predicted molar refractivity (Wildman–Crippen MR) is 287 cm³/mol. The largest absolute Gasteiger partial charge is 0.380 e. The van der Waals surface area contributed by atoms with Crippen LogP contribution in [0.4, 0.5) is 0 Å². The molecule has 444 valence electrons. The second kappa shape index (κ2) is 35.7. The Bertz CT molecular complexity index is 2200. The lowest BCUT2D eigenvalue weighted by Gasteiger charge is -2.28. The number of guanidine groups is 4. The minimum atomic E-state index is -5.27. The van der Waals surface area contributed by atoms with Crippen LogP contribution in [0.25, 0.3) is 0 Å². The number of aliphatic imine (C=N–C) groups is 4. The molecule has 0 aliphatic rings. The number of primary amides is 1. The number of aliphatic hydroxyl groups is 1. The highest BCUT2D eigenvalue weighted by Crippen LogP contribution is 2.41. The summed E-state index contributed by atoms with van der Waals surface area (Å²) in [4.78, 5) is 155. The Morgan fingerprint density at radius 1 is 0.423 bits per heavy atom. The zero-order valence-corrected chi connectivity index (χ0v) is 45.4. The Balaban J connectivity index is 6.63. The second-order valence-corrected chi connectivity index (χ2v) is 20.0.